The zero-order chi connectivity index (χ0) is 20.7. The van der Waals surface area contributed by atoms with Gasteiger partial charge in [-0.15, -0.1) is 0 Å². The molecule has 0 bridgehead atoms. The minimum atomic E-state index is -1.23. The molecule has 0 fully saturated rings. The van der Waals surface area contributed by atoms with Crippen LogP contribution in [0.4, 0.5) is 4.39 Å². The largest absolute Gasteiger partial charge is 0.503 e. The average molecular weight is 384 g/mol. The molecular formula is C19H33FN4O3. The number of aliphatic hydroxyl groups is 2. The number of hydrogen-bond donors (Lipinski definition) is 5. The first-order chi connectivity index (χ1) is 12.9. The van der Waals surface area contributed by atoms with Crippen molar-refractivity contribution in [1.29, 1.82) is 0 Å². The van der Waals surface area contributed by atoms with E-state index in [1.807, 2.05) is 20.8 Å². The highest BCUT2D eigenvalue weighted by Crippen LogP contribution is 2.10. The molecule has 0 aromatic carbocycles. The minimum Gasteiger partial charge on any atom is -0.503 e. The molecule has 0 rings (SSSR count). The van der Waals surface area contributed by atoms with Crippen molar-refractivity contribution in [3.63, 3.8) is 0 Å². The second-order valence-electron chi connectivity index (χ2n) is 5.98. The van der Waals surface area contributed by atoms with Crippen molar-refractivity contribution < 1.29 is 19.4 Å². The van der Waals surface area contributed by atoms with Gasteiger partial charge in [0, 0.05) is 25.8 Å². The maximum atomic E-state index is 13.1. The molecule has 0 heterocycles. The minimum absolute atomic E-state index is 0.00132. The van der Waals surface area contributed by atoms with Crippen LogP contribution in [0.25, 0.3) is 0 Å². The van der Waals surface area contributed by atoms with E-state index in [9.17, 15) is 19.4 Å². The Morgan fingerprint density at radius 1 is 1.30 bits per heavy atom. The number of aliphatic hydroxyl groups excluding tert-OH is 2. The van der Waals surface area contributed by atoms with E-state index in [1.54, 1.807) is 25.4 Å². The second-order valence-corrected chi connectivity index (χ2v) is 5.98. The molecule has 0 amide bonds. The van der Waals surface area contributed by atoms with E-state index in [4.69, 9.17) is 0 Å². The first-order valence-corrected chi connectivity index (χ1v) is 9.05. The molecule has 1 unspecified atom stereocenters. The summed E-state index contributed by atoms with van der Waals surface area (Å²) in [5.74, 6) is -0.806. The molecule has 1 atom stereocenters. The maximum absolute atomic E-state index is 13.1. The molecule has 7 nitrogen and oxygen atoms in total. The van der Waals surface area contributed by atoms with E-state index in [1.165, 1.54) is 17.2 Å². The van der Waals surface area contributed by atoms with Crippen molar-refractivity contribution in [3.8, 4) is 0 Å². The SMILES string of the molecule is CC/C=C(F)\C=C/CCNC/C=C/N(NC)/C(=C(/O)C=O)C(O)NC(C)C. The number of carbonyl (C=O) groups is 1. The van der Waals surface area contributed by atoms with Crippen LogP contribution in [0.5, 0.6) is 0 Å². The van der Waals surface area contributed by atoms with E-state index in [-0.39, 0.29) is 23.9 Å². The number of hydrogen-bond acceptors (Lipinski definition) is 7. The quantitative estimate of drug-likeness (QED) is 0.0595. The second kappa shape index (κ2) is 15.1. The number of nitrogens with one attached hydrogen (secondary N) is 3. The number of rotatable bonds is 14. The Morgan fingerprint density at radius 3 is 2.56 bits per heavy atom. The van der Waals surface area contributed by atoms with Gasteiger partial charge in [0.1, 0.15) is 11.5 Å². The summed E-state index contributed by atoms with van der Waals surface area (Å²) in [5.41, 5.74) is 2.79. The Hall–Kier alpha value is -2.00. The van der Waals surface area contributed by atoms with Gasteiger partial charge in [0.25, 0.3) is 0 Å². The van der Waals surface area contributed by atoms with Gasteiger partial charge < -0.3 is 15.5 Å². The molecule has 0 aromatic heterocycles. The predicted octanol–water partition coefficient (Wildman–Crippen LogP) is 2.02. The summed E-state index contributed by atoms with van der Waals surface area (Å²) in [4.78, 5) is 10.9. The fraction of sp³-hybridized carbons (Fsp3) is 0.526. The molecule has 0 aliphatic rings. The van der Waals surface area contributed by atoms with E-state index < -0.39 is 12.0 Å². The Balaban J connectivity index is 4.62. The van der Waals surface area contributed by atoms with E-state index in [0.717, 1.165) is 0 Å². The molecule has 27 heavy (non-hydrogen) atoms. The Kier molecular flexibility index (Phi) is 14.0. The summed E-state index contributed by atoms with van der Waals surface area (Å²) >= 11 is 0. The van der Waals surface area contributed by atoms with Crippen LogP contribution in [0.15, 0.2) is 47.8 Å². The zero-order valence-corrected chi connectivity index (χ0v) is 16.6. The average Bonchev–Trinajstić information content (AvgIpc) is 2.61. The monoisotopic (exact) mass is 384 g/mol. The molecular weight excluding hydrogens is 351 g/mol. The molecule has 0 aromatic rings. The zero-order valence-electron chi connectivity index (χ0n) is 16.6. The van der Waals surface area contributed by atoms with Crippen molar-refractivity contribution in [2.75, 3.05) is 20.1 Å². The maximum Gasteiger partial charge on any atom is 0.186 e. The number of halogens is 1. The lowest BCUT2D eigenvalue weighted by Gasteiger charge is -2.27. The first kappa shape index (κ1) is 25.0. The topological polar surface area (TPSA) is 96.9 Å². The predicted molar refractivity (Wildman–Crippen MR) is 106 cm³/mol. The fourth-order valence-electron chi connectivity index (χ4n) is 2.11. The summed E-state index contributed by atoms with van der Waals surface area (Å²) < 4.78 is 13.1. The van der Waals surface area contributed by atoms with E-state index in [2.05, 4.69) is 16.1 Å². The van der Waals surface area contributed by atoms with E-state index in [0.29, 0.717) is 25.9 Å². The molecule has 5 N–H and O–H groups in total. The standard InChI is InChI=1S/C19H33FN4O3/c1-5-9-16(20)10-6-7-11-22-12-8-13-24(21-4)18(17(26)14-25)19(27)23-15(2)3/h6,8-10,13-15,19,21-23,26-27H,5,7,11-12H2,1-4H3/b10-6-,13-8+,16-9+,18-17+. The van der Waals surface area contributed by atoms with Crippen LogP contribution in [-0.2, 0) is 4.79 Å². The molecule has 154 valence electrons. The van der Waals surface area contributed by atoms with Crippen LogP contribution in [-0.4, -0.2) is 53.9 Å². The Morgan fingerprint density at radius 2 is 2.00 bits per heavy atom. The van der Waals surface area contributed by atoms with Crippen LogP contribution >= 0.6 is 0 Å². The molecule has 0 aliphatic heterocycles. The highest BCUT2D eigenvalue weighted by Gasteiger charge is 2.21. The molecule has 8 heteroatoms. The molecule has 0 spiro atoms. The molecule has 0 radical (unpaired) electrons. The third kappa shape index (κ3) is 11.3. The van der Waals surface area contributed by atoms with Gasteiger partial charge in [-0.1, -0.05) is 19.1 Å². The van der Waals surface area contributed by atoms with Crippen molar-refractivity contribution in [2.45, 2.75) is 45.9 Å². The lowest BCUT2D eigenvalue weighted by Crippen LogP contribution is -2.44. The van der Waals surface area contributed by atoms with Gasteiger partial charge in [0.15, 0.2) is 18.3 Å². The van der Waals surface area contributed by atoms with Gasteiger partial charge in [0.2, 0.25) is 0 Å². The Labute approximate surface area is 161 Å². The summed E-state index contributed by atoms with van der Waals surface area (Å²) in [7, 11) is 1.60. The van der Waals surface area contributed by atoms with Crippen molar-refractivity contribution in [2.24, 2.45) is 0 Å². The summed E-state index contributed by atoms with van der Waals surface area (Å²) in [6.45, 7) is 6.73. The van der Waals surface area contributed by atoms with Crippen LogP contribution in [0.1, 0.15) is 33.6 Å². The van der Waals surface area contributed by atoms with Crippen molar-refractivity contribution in [3.05, 3.63) is 47.8 Å². The van der Waals surface area contributed by atoms with Gasteiger partial charge in [-0.3, -0.25) is 15.1 Å². The van der Waals surface area contributed by atoms with Gasteiger partial charge in [-0.05, 0) is 45.4 Å². The van der Waals surface area contributed by atoms with Gasteiger partial charge >= 0.3 is 0 Å². The summed E-state index contributed by atoms with van der Waals surface area (Å²) in [6.07, 6.45) is 8.47. The fourth-order valence-corrected chi connectivity index (χ4v) is 2.11. The number of carbonyl (C=O) groups excluding carboxylic acids is 1. The third-order valence-corrected chi connectivity index (χ3v) is 3.31. The van der Waals surface area contributed by atoms with E-state index >= 15 is 0 Å². The van der Waals surface area contributed by atoms with Crippen molar-refractivity contribution in [1.82, 2.24) is 21.1 Å². The highest BCUT2D eigenvalue weighted by molar-refractivity contribution is 5.71. The normalized spacial score (nSPS) is 14.9. The number of allylic oxidation sites excluding steroid dienone is 4. The van der Waals surface area contributed by atoms with Crippen LogP contribution in [0, 0.1) is 0 Å². The number of aldehydes is 1. The molecule has 0 saturated heterocycles. The van der Waals surface area contributed by atoms with Crippen LogP contribution in [0.3, 0.4) is 0 Å². The van der Waals surface area contributed by atoms with Gasteiger partial charge in [0.05, 0.1) is 0 Å². The number of hydrazine groups is 1. The van der Waals surface area contributed by atoms with Crippen LogP contribution in [0.2, 0.25) is 0 Å². The summed E-state index contributed by atoms with van der Waals surface area (Å²) in [5, 5.41) is 27.4. The highest BCUT2D eigenvalue weighted by atomic mass is 19.1. The first-order valence-electron chi connectivity index (χ1n) is 9.05. The van der Waals surface area contributed by atoms with Crippen LogP contribution < -0.4 is 16.1 Å². The lowest BCUT2D eigenvalue weighted by molar-refractivity contribution is -0.107. The smallest absolute Gasteiger partial charge is 0.186 e. The molecule has 0 aliphatic carbocycles. The van der Waals surface area contributed by atoms with Gasteiger partial charge in [-0.25, -0.2) is 9.82 Å². The van der Waals surface area contributed by atoms with Crippen molar-refractivity contribution >= 4 is 6.29 Å². The molecule has 0 saturated carbocycles. The third-order valence-electron chi connectivity index (χ3n) is 3.31. The number of nitrogens with zero attached hydrogens (tertiary/aromatic N) is 1. The Bertz CT molecular complexity index is 545. The summed E-state index contributed by atoms with van der Waals surface area (Å²) in [6, 6.07) is -0.0520. The van der Waals surface area contributed by atoms with Gasteiger partial charge in [-0.2, -0.15) is 0 Å². The lowest BCUT2D eigenvalue weighted by atomic mass is 10.2.